The standard InChI is InChI=1S/C14H9BrF2N2/c1-8-2-3-9(7-18)13(4-8)19-14-6-11(16)10(15)5-12(14)17/h2-6,19H,1H3. The summed E-state index contributed by atoms with van der Waals surface area (Å²) in [6.45, 7) is 1.85. The zero-order valence-electron chi connectivity index (χ0n) is 9.97. The summed E-state index contributed by atoms with van der Waals surface area (Å²) in [5.41, 5.74) is 1.72. The molecule has 0 aliphatic heterocycles. The highest BCUT2D eigenvalue weighted by Crippen LogP contribution is 2.27. The van der Waals surface area contributed by atoms with Gasteiger partial charge in [-0.3, -0.25) is 0 Å². The maximum absolute atomic E-state index is 13.7. The molecule has 2 aromatic carbocycles. The fraction of sp³-hybridized carbons (Fsp3) is 0.0714. The van der Waals surface area contributed by atoms with Gasteiger partial charge < -0.3 is 5.32 Å². The summed E-state index contributed by atoms with van der Waals surface area (Å²) in [4.78, 5) is 0. The molecule has 5 heteroatoms. The molecular formula is C14H9BrF2N2. The maximum atomic E-state index is 13.7. The number of hydrogen-bond acceptors (Lipinski definition) is 2. The lowest BCUT2D eigenvalue weighted by atomic mass is 10.1. The molecule has 0 heterocycles. The Bertz CT molecular complexity index is 678. The fourth-order valence-corrected chi connectivity index (χ4v) is 1.94. The van der Waals surface area contributed by atoms with Gasteiger partial charge in [0.1, 0.15) is 17.7 Å². The van der Waals surface area contributed by atoms with Gasteiger partial charge in [-0.25, -0.2) is 8.78 Å². The van der Waals surface area contributed by atoms with E-state index in [1.165, 1.54) is 0 Å². The van der Waals surface area contributed by atoms with E-state index in [1.807, 2.05) is 13.0 Å². The molecule has 0 amide bonds. The van der Waals surface area contributed by atoms with Gasteiger partial charge in [-0.1, -0.05) is 6.07 Å². The summed E-state index contributed by atoms with van der Waals surface area (Å²) in [6, 6.07) is 9.20. The predicted octanol–water partition coefficient (Wildman–Crippen LogP) is 4.65. The van der Waals surface area contributed by atoms with E-state index in [0.717, 1.165) is 17.7 Å². The van der Waals surface area contributed by atoms with Gasteiger partial charge >= 0.3 is 0 Å². The molecule has 0 bridgehead atoms. The van der Waals surface area contributed by atoms with Gasteiger partial charge in [-0.05, 0) is 46.6 Å². The van der Waals surface area contributed by atoms with Crippen molar-refractivity contribution in [1.82, 2.24) is 0 Å². The first-order valence-corrected chi connectivity index (χ1v) is 6.23. The van der Waals surface area contributed by atoms with E-state index in [2.05, 4.69) is 21.2 Å². The van der Waals surface area contributed by atoms with Crippen LogP contribution in [0.3, 0.4) is 0 Å². The predicted molar refractivity (Wildman–Crippen MR) is 73.2 cm³/mol. The van der Waals surface area contributed by atoms with Crippen LogP contribution in [0.1, 0.15) is 11.1 Å². The first-order valence-electron chi connectivity index (χ1n) is 5.43. The van der Waals surface area contributed by atoms with Crippen molar-refractivity contribution in [3.05, 3.63) is 57.6 Å². The van der Waals surface area contributed by atoms with Gasteiger partial charge in [0.25, 0.3) is 0 Å². The Hall–Kier alpha value is -1.93. The third-order valence-electron chi connectivity index (χ3n) is 2.57. The Morgan fingerprint density at radius 2 is 1.84 bits per heavy atom. The highest BCUT2D eigenvalue weighted by atomic mass is 79.9. The van der Waals surface area contributed by atoms with Gasteiger partial charge in [0.05, 0.1) is 21.4 Å². The smallest absolute Gasteiger partial charge is 0.147 e. The lowest BCUT2D eigenvalue weighted by Gasteiger charge is -2.10. The van der Waals surface area contributed by atoms with Crippen LogP contribution in [0.4, 0.5) is 20.2 Å². The van der Waals surface area contributed by atoms with E-state index >= 15 is 0 Å². The van der Waals surface area contributed by atoms with E-state index < -0.39 is 11.6 Å². The van der Waals surface area contributed by atoms with Crippen LogP contribution in [0.2, 0.25) is 0 Å². The quantitative estimate of drug-likeness (QED) is 0.817. The molecule has 0 atom stereocenters. The summed E-state index contributed by atoms with van der Waals surface area (Å²) < 4.78 is 27.2. The van der Waals surface area contributed by atoms with E-state index in [-0.39, 0.29) is 10.2 Å². The van der Waals surface area contributed by atoms with Crippen LogP contribution in [0.15, 0.2) is 34.8 Å². The van der Waals surface area contributed by atoms with Gasteiger partial charge in [-0.15, -0.1) is 0 Å². The molecule has 0 aliphatic rings. The third kappa shape index (κ3) is 2.91. The van der Waals surface area contributed by atoms with Gasteiger partial charge in [-0.2, -0.15) is 5.26 Å². The largest absolute Gasteiger partial charge is 0.352 e. The lowest BCUT2D eigenvalue weighted by molar-refractivity contribution is 0.598. The Labute approximate surface area is 117 Å². The van der Waals surface area contributed by atoms with Crippen molar-refractivity contribution in [2.45, 2.75) is 6.92 Å². The van der Waals surface area contributed by atoms with Crippen molar-refractivity contribution >= 4 is 27.3 Å². The molecule has 96 valence electrons. The number of halogens is 3. The summed E-state index contributed by atoms with van der Waals surface area (Å²) in [6.07, 6.45) is 0. The first kappa shape index (κ1) is 13.5. The van der Waals surface area contributed by atoms with Crippen molar-refractivity contribution in [3.63, 3.8) is 0 Å². The minimum Gasteiger partial charge on any atom is -0.352 e. The molecular weight excluding hydrogens is 314 g/mol. The minimum absolute atomic E-state index is 0.0113. The summed E-state index contributed by atoms with van der Waals surface area (Å²) in [5, 5.41) is 11.7. The molecule has 19 heavy (non-hydrogen) atoms. The van der Waals surface area contributed by atoms with Crippen molar-refractivity contribution < 1.29 is 8.78 Å². The number of anilines is 2. The number of aryl methyl sites for hydroxylation is 1. The second-order valence-corrected chi connectivity index (χ2v) is 4.89. The van der Waals surface area contributed by atoms with Crippen LogP contribution in [-0.4, -0.2) is 0 Å². The molecule has 0 fully saturated rings. The Morgan fingerprint density at radius 3 is 2.53 bits per heavy atom. The number of nitrogens with zero attached hydrogens (tertiary/aromatic N) is 1. The van der Waals surface area contributed by atoms with Gasteiger partial charge in [0.15, 0.2) is 0 Å². The average Bonchev–Trinajstić information content (AvgIpc) is 2.36. The molecule has 0 saturated heterocycles. The Kier molecular flexibility index (Phi) is 3.82. The number of nitriles is 1. The molecule has 1 N–H and O–H groups in total. The molecule has 0 aliphatic carbocycles. The number of nitrogens with one attached hydrogen (secondary N) is 1. The Balaban J connectivity index is 2.45. The second kappa shape index (κ2) is 5.37. The van der Waals surface area contributed by atoms with Gasteiger partial charge in [0.2, 0.25) is 0 Å². The zero-order valence-corrected chi connectivity index (χ0v) is 11.6. The van der Waals surface area contributed by atoms with Crippen LogP contribution in [0.25, 0.3) is 0 Å². The molecule has 0 unspecified atom stereocenters. The molecule has 0 radical (unpaired) electrons. The number of benzene rings is 2. The van der Waals surface area contributed by atoms with E-state index in [9.17, 15) is 8.78 Å². The van der Waals surface area contributed by atoms with Crippen LogP contribution in [-0.2, 0) is 0 Å². The SMILES string of the molecule is Cc1ccc(C#N)c(Nc2cc(F)c(Br)cc2F)c1. The average molecular weight is 323 g/mol. The van der Waals surface area contributed by atoms with Gasteiger partial charge in [0, 0.05) is 6.07 Å². The van der Waals surface area contributed by atoms with Crippen LogP contribution in [0, 0.1) is 29.9 Å². The van der Waals surface area contributed by atoms with Crippen LogP contribution in [0.5, 0.6) is 0 Å². The number of hydrogen-bond donors (Lipinski definition) is 1. The van der Waals surface area contributed by atoms with Crippen molar-refractivity contribution in [3.8, 4) is 6.07 Å². The van der Waals surface area contributed by atoms with E-state index in [1.54, 1.807) is 18.2 Å². The van der Waals surface area contributed by atoms with Crippen LogP contribution >= 0.6 is 15.9 Å². The van der Waals surface area contributed by atoms with Crippen LogP contribution < -0.4 is 5.32 Å². The molecule has 2 aromatic rings. The summed E-state index contributed by atoms with van der Waals surface area (Å²) in [7, 11) is 0. The Morgan fingerprint density at radius 1 is 1.11 bits per heavy atom. The summed E-state index contributed by atoms with van der Waals surface area (Å²) >= 11 is 2.91. The highest BCUT2D eigenvalue weighted by molar-refractivity contribution is 9.10. The highest BCUT2D eigenvalue weighted by Gasteiger charge is 2.10. The molecule has 0 aromatic heterocycles. The molecule has 0 spiro atoms. The van der Waals surface area contributed by atoms with Crippen molar-refractivity contribution in [2.75, 3.05) is 5.32 Å². The van der Waals surface area contributed by atoms with Crippen molar-refractivity contribution in [1.29, 1.82) is 5.26 Å². The maximum Gasteiger partial charge on any atom is 0.147 e. The minimum atomic E-state index is -0.598. The van der Waals surface area contributed by atoms with Crippen molar-refractivity contribution in [2.24, 2.45) is 0 Å². The topological polar surface area (TPSA) is 35.8 Å². The lowest BCUT2D eigenvalue weighted by Crippen LogP contribution is -1.98. The number of rotatable bonds is 2. The normalized spacial score (nSPS) is 10.1. The second-order valence-electron chi connectivity index (χ2n) is 4.03. The summed E-state index contributed by atoms with van der Waals surface area (Å²) in [5.74, 6) is -1.17. The molecule has 0 saturated carbocycles. The first-order chi connectivity index (χ1) is 9.01. The monoisotopic (exact) mass is 322 g/mol. The zero-order chi connectivity index (χ0) is 14.0. The third-order valence-corrected chi connectivity index (χ3v) is 3.18. The molecule has 2 nitrogen and oxygen atoms in total. The molecule has 2 rings (SSSR count). The fourth-order valence-electron chi connectivity index (χ4n) is 1.62. The van der Waals surface area contributed by atoms with E-state index in [0.29, 0.717) is 11.3 Å². The van der Waals surface area contributed by atoms with E-state index in [4.69, 9.17) is 5.26 Å².